The Balaban J connectivity index is 1.51. The van der Waals surface area contributed by atoms with Crippen molar-refractivity contribution >= 4 is 35.1 Å². The van der Waals surface area contributed by atoms with Crippen molar-refractivity contribution in [3.8, 4) is 11.5 Å². The zero-order valence-electron chi connectivity index (χ0n) is 14.1. The highest BCUT2D eigenvalue weighted by Gasteiger charge is 2.27. The molecule has 3 nitrogen and oxygen atoms in total. The third kappa shape index (κ3) is 4.00. The number of fused-ring (bicyclic) bond motifs is 1. The topological polar surface area (TPSA) is 35.5 Å². The summed E-state index contributed by atoms with van der Waals surface area (Å²) in [5.41, 5.74) is 2.32. The van der Waals surface area contributed by atoms with Crippen LogP contribution < -0.4 is 9.47 Å². The van der Waals surface area contributed by atoms with Gasteiger partial charge in [0.15, 0.2) is 5.76 Å². The summed E-state index contributed by atoms with van der Waals surface area (Å²) in [6, 6.07) is 19.9. The van der Waals surface area contributed by atoms with Gasteiger partial charge in [-0.05, 0) is 53.6 Å². The molecule has 0 bridgehead atoms. The number of hydrogen-bond acceptors (Lipinski definition) is 3. The predicted molar refractivity (Wildman–Crippen MR) is 107 cm³/mol. The van der Waals surface area contributed by atoms with E-state index in [4.69, 9.17) is 32.7 Å². The maximum atomic E-state index is 12.5. The first-order valence-corrected chi connectivity index (χ1v) is 9.05. The second-order valence-corrected chi connectivity index (χ2v) is 6.94. The summed E-state index contributed by atoms with van der Waals surface area (Å²) in [5.74, 6) is 1.23. The summed E-state index contributed by atoms with van der Waals surface area (Å²) in [4.78, 5) is 12.5. The van der Waals surface area contributed by atoms with E-state index in [9.17, 15) is 4.79 Å². The van der Waals surface area contributed by atoms with Crippen molar-refractivity contribution in [2.24, 2.45) is 0 Å². The number of benzene rings is 3. The Kier molecular flexibility index (Phi) is 4.88. The van der Waals surface area contributed by atoms with Gasteiger partial charge in [-0.3, -0.25) is 4.79 Å². The Morgan fingerprint density at radius 2 is 1.74 bits per heavy atom. The fourth-order valence-corrected chi connectivity index (χ4v) is 3.10. The molecule has 3 aromatic rings. The maximum absolute atomic E-state index is 12.5. The number of carbonyl (C=O) groups is 1. The molecule has 1 aliphatic rings. The fraction of sp³-hybridized carbons (Fsp3) is 0.0455. The van der Waals surface area contributed by atoms with Gasteiger partial charge in [-0.2, -0.15) is 0 Å². The van der Waals surface area contributed by atoms with Gasteiger partial charge in [0.1, 0.15) is 18.1 Å². The van der Waals surface area contributed by atoms with Crippen LogP contribution in [0.5, 0.6) is 11.5 Å². The molecule has 4 rings (SSSR count). The van der Waals surface area contributed by atoms with Gasteiger partial charge >= 0.3 is 0 Å². The van der Waals surface area contributed by atoms with Crippen LogP contribution in [0.1, 0.15) is 21.5 Å². The van der Waals surface area contributed by atoms with Crippen LogP contribution in [0, 0.1) is 0 Å². The van der Waals surface area contributed by atoms with Crippen molar-refractivity contribution in [3.05, 3.63) is 99.2 Å². The predicted octanol–water partition coefficient (Wildman–Crippen LogP) is 6.19. The molecule has 1 aliphatic heterocycles. The molecule has 0 N–H and O–H groups in total. The van der Waals surface area contributed by atoms with Crippen molar-refractivity contribution in [1.29, 1.82) is 0 Å². The Labute approximate surface area is 166 Å². The lowest BCUT2D eigenvalue weighted by atomic mass is 10.1. The molecule has 134 valence electrons. The lowest BCUT2D eigenvalue weighted by Crippen LogP contribution is -1.98. The lowest BCUT2D eigenvalue weighted by molar-refractivity contribution is 0.101. The number of ether oxygens (including phenoxy) is 2. The average molecular weight is 397 g/mol. The average Bonchev–Trinajstić information content (AvgIpc) is 2.97. The van der Waals surface area contributed by atoms with E-state index in [1.165, 1.54) is 0 Å². The van der Waals surface area contributed by atoms with Crippen LogP contribution in [0.25, 0.3) is 6.08 Å². The molecule has 27 heavy (non-hydrogen) atoms. The van der Waals surface area contributed by atoms with E-state index < -0.39 is 0 Å². The number of rotatable bonds is 4. The largest absolute Gasteiger partial charge is 0.489 e. The highest BCUT2D eigenvalue weighted by atomic mass is 35.5. The monoisotopic (exact) mass is 396 g/mol. The van der Waals surface area contributed by atoms with Crippen molar-refractivity contribution < 1.29 is 14.3 Å². The number of hydrogen-bond donors (Lipinski definition) is 0. The van der Waals surface area contributed by atoms with Crippen LogP contribution in [-0.2, 0) is 6.61 Å². The molecule has 3 aromatic carbocycles. The fourth-order valence-electron chi connectivity index (χ4n) is 2.76. The Morgan fingerprint density at radius 1 is 0.926 bits per heavy atom. The zero-order valence-corrected chi connectivity index (χ0v) is 15.6. The Morgan fingerprint density at radius 3 is 2.52 bits per heavy atom. The van der Waals surface area contributed by atoms with Gasteiger partial charge < -0.3 is 9.47 Å². The van der Waals surface area contributed by atoms with E-state index in [1.54, 1.807) is 36.4 Å². The SMILES string of the molecule is O=C1C(=Cc2ccc(Cl)cc2)Oc2cc(OCc3cccc(Cl)c3)ccc21. The minimum Gasteiger partial charge on any atom is -0.489 e. The minimum absolute atomic E-state index is 0.152. The van der Waals surface area contributed by atoms with Gasteiger partial charge in [0.05, 0.1) is 5.56 Å². The number of ketones is 1. The zero-order chi connectivity index (χ0) is 18.8. The first-order chi connectivity index (χ1) is 13.1. The number of Topliss-reactive ketones (excluding diaryl/α,β-unsaturated/α-hetero) is 1. The van der Waals surface area contributed by atoms with Crippen LogP contribution in [0.4, 0.5) is 0 Å². The van der Waals surface area contributed by atoms with Gasteiger partial charge in [0.25, 0.3) is 0 Å². The highest BCUT2D eigenvalue weighted by molar-refractivity contribution is 6.30. The number of allylic oxidation sites excluding steroid dienone is 1. The molecule has 0 unspecified atom stereocenters. The van der Waals surface area contributed by atoms with E-state index in [-0.39, 0.29) is 11.5 Å². The van der Waals surface area contributed by atoms with Crippen LogP contribution in [0.15, 0.2) is 72.5 Å². The van der Waals surface area contributed by atoms with Gasteiger partial charge in [0, 0.05) is 16.1 Å². The first kappa shape index (κ1) is 17.7. The molecule has 0 atom stereocenters. The van der Waals surface area contributed by atoms with Gasteiger partial charge in [-0.1, -0.05) is 47.5 Å². The molecular formula is C22H14Cl2O3. The summed E-state index contributed by atoms with van der Waals surface area (Å²) in [5, 5.41) is 1.30. The molecule has 0 saturated carbocycles. The van der Waals surface area contributed by atoms with Gasteiger partial charge in [0.2, 0.25) is 5.78 Å². The summed E-state index contributed by atoms with van der Waals surface area (Å²) in [7, 11) is 0. The second kappa shape index (κ2) is 7.47. The van der Waals surface area contributed by atoms with Gasteiger partial charge in [-0.15, -0.1) is 0 Å². The summed E-state index contributed by atoms with van der Waals surface area (Å²) >= 11 is 11.9. The maximum Gasteiger partial charge on any atom is 0.231 e. The lowest BCUT2D eigenvalue weighted by Gasteiger charge is -2.07. The molecule has 0 aliphatic carbocycles. The van der Waals surface area contributed by atoms with Gasteiger partial charge in [-0.25, -0.2) is 0 Å². The van der Waals surface area contributed by atoms with E-state index in [1.807, 2.05) is 36.4 Å². The van der Waals surface area contributed by atoms with E-state index in [0.29, 0.717) is 33.7 Å². The molecule has 5 heteroatoms. The molecule has 0 aromatic heterocycles. The van der Waals surface area contributed by atoms with Crippen molar-refractivity contribution in [3.63, 3.8) is 0 Å². The van der Waals surface area contributed by atoms with E-state index >= 15 is 0 Å². The smallest absolute Gasteiger partial charge is 0.231 e. The van der Waals surface area contributed by atoms with E-state index in [2.05, 4.69) is 0 Å². The summed E-state index contributed by atoms with van der Waals surface area (Å²) < 4.78 is 11.5. The molecule has 1 heterocycles. The number of halogens is 2. The van der Waals surface area contributed by atoms with Crippen LogP contribution in [-0.4, -0.2) is 5.78 Å². The first-order valence-electron chi connectivity index (χ1n) is 8.29. The number of carbonyl (C=O) groups excluding carboxylic acids is 1. The third-order valence-electron chi connectivity index (χ3n) is 4.10. The molecular weight excluding hydrogens is 383 g/mol. The van der Waals surface area contributed by atoms with Crippen LogP contribution in [0.3, 0.4) is 0 Å². The third-order valence-corrected chi connectivity index (χ3v) is 4.59. The Bertz CT molecular complexity index is 1040. The minimum atomic E-state index is -0.152. The van der Waals surface area contributed by atoms with Crippen molar-refractivity contribution in [1.82, 2.24) is 0 Å². The standard InChI is InChI=1S/C22H14Cl2O3/c23-16-6-4-14(5-7-16)11-21-22(25)19-9-8-18(12-20(19)27-21)26-13-15-2-1-3-17(24)10-15/h1-12H,13H2. The summed E-state index contributed by atoms with van der Waals surface area (Å²) in [6.45, 7) is 0.376. The molecule has 0 spiro atoms. The molecule has 0 radical (unpaired) electrons. The highest BCUT2D eigenvalue weighted by Crippen LogP contribution is 2.35. The summed E-state index contributed by atoms with van der Waals surface area (Å²) in [6.07, 6.45) is 1.70. The normalized spacial score (nSPS) is 14.1. The van der Waals surface area contributed by atoms with Crippen molar-refractivity contribution in [2.45, 2.75) is 6.61 Å². The quantitative estimate of drug-likeness (QED) is 0.493. The molecule has 0 amide bonds. The molecule has 0 saturated heterocycles. The second-order valence-electron chi connectivity index (χ2n) is 6.07. The molecule has 0 fully saturated rings. The van der Waals surface area contributed by atoms with E-state index in [0.717, 1.165) is 11.1 Å². The van der Waals surface area contributed by atoms with Crippen LogP contribution >= 0.6 is 23.2 Å². The Hall–Kier alpha value is -2.75. The van der Waals surface area contributed by atoms with Crippen molar-refractivity contribution in [2.75, 3.05) is 0 Å². The van der Waals surface area contributed by atoms with Crippen LogP contribution in [0.2, 0.25) is 10.0 Å².